The Kier molecular flexibility index (Phi) is 5.26. The molecule has 1 fully saturated rings. The predicted octanol–water partition coefficient (Wildman–Crippen LogP) is 4.96. The molecule has 5 nitrogen and oxygen atoms in total. The van der Waals surface area contributed by atoms with Crippen molar-refractivity contribution in [2.45, 2.75) is 19.8 Å². The standard InChI is InChI=1S/C22H21ClN4O/c1-15-4-9-18(12-19(15)23)26-22(28)17-7-5-16(6-8-17)20-13-21(25-14-24-20)27-10-2-3-11-27/h4-9,12-14H,2-3,10-11H2,1H3,(H,26,28). The van der Waals surface area contributed by atoms with Crippen LogP contribution in [0.3, 0.4) is 0 Å². The number of amides is 1. The maximum atomic E-state index is 12.5. The maximum absolute atomic E-state index is 12.5. The van der Waals surface area contributed by atoms with Crippen molar-refractivity contribution in [2.75, 3.05) is 23.3 Å². The highest BCUT2D eigenvalue weighted by atomic mass is 35.5. The molecule has 1 aliphatic rings. The SMILES string of the molecule is Cc1ccc(NC(=O)c2ccc(-c3cc(N4CCCC4)ncn3)cc2)cc1Cl. The molecule has 2 heterocycles. The first-order chi connectivity index (χ1) is 13.6. The molecule has 2 aromatic carbocycles. The number of rotatable bonds is 4. The van der Waals surface area contributed by atoms with Crippen LogP contribution in [0.1, 0.15) is 28.8 Å². The number of benzene rings is 2. The van der Waals surface area contributed by atoms with E-state index in [1.807, 2.05) is 37.3 Å². The number of carbonyl (C=O) groups excluding carboxylic acids is 1. The molecule has 1 aliphatic heterocycles. The smallest absolute Gasteiger partial charge is 0.255 e. The average Bonchev–Trinajstić information content (AvgIpc) is 3.26. The summed E-state index contributed by atoms with van der Waals surface area (Å²) in [5, 5.41) is 3.51. The van der Waals surface area contributed by atoms with Crippen molar-refractivity contribution in [3.63, 3.8) is 0 Å². The van der Waals surface area contributed by atoms with E-state index in [9.17, 15) is 4.79 Å². The van der Waals surface area contributed by atoms with Crippen molar-refractivity contribution in [1.82, 2.24) is 9.97 Å². The third kappa shape index (κ3) is 3.99. The summed E-state index contributed by atoms with van der Waals surface area (Å²) in [6, 6.07) is 14.9. The number of halogens is 1. The summed E-state index contributed by atoms with van der Waals surface area (Å²) in [6.45, 7) is 4.01. The Balaban J connectivity index is 1.49. The normalized spacial score (nSPS) is 13.6. The highest BCUT2D eigenvalue weighted by Gasteiger charge is 2.15. The minimum Gasteiger partial charge on any atom is -0.357 e. The van der Waals surface area contributed by atoms with Gasteiger partial charge in [-0.05, 0) is 49.6 Å². The van der Waals surface area contributed by atoms with Crippen molar-refractivity contribution < 1.29 is 4.79 Å². The largest absolute Gasteiger partial charge is 0.357 e. The van der Waals surface area contributed by atoms with E-state index < -0.39 is 0 Å². The Bertz CT molecular complexity index is 998. The molecular formula is C22H21ClN4O. The molecule has 0 unspecified atom stereocenters. The van der Waals surface area contributed by atoms with Crippen molar-refractivity contribution >= 4 is 29.0 Å². The number of aromatic nitrogens is 2. The van der Waals surface area contributed by atoms with Crippen LogP contribution >= 0.6 is 11.6 Å². The molecular weight excluding hydrogens is 372 g/mol. The summed E-state index contributed by atoms with van der Waals surface area (Å²) in [6.07, 6.45) is 4.01. The fraction of sp³-hybridized carbons (Fsp3) is 0.227. The van der Waals surface area contributed by atoms with E-state index in [0.29, 0.717) is 16.3 Å². The Morgan fingerprint density at radius 3 is 2.50 bits per heavy atom. The summed E-state index contributed by atoms with van der Waals surface area (Å²) in [4.78, 5) is 23.6. The predicted molar refractivity (Wildman–Crippen MR) is 113 cm³/mol. The fourth-order valence-electron chi connectivity index (χ4n) is 3.29. The molecule has 1 saturated heterocycles. The van der Waals surface area contributed by atoms with Gasteiger partial charge in [-0.15, -0.1) is 0 Å². The number of carbonyl (C=O) groups is 1. The monoisotopic (exact) mass is 392 g/mol. The van der Waals surface area contributed by atoms with Crippen LogP contribution in [0.15, 0.2) is 54.9 Å². The van der Waals surface area contributed by atoms with Crippen LogP contribution in [0.2, 0.25) is 5.02 Å². The van der Waals surface area contributed by atoms with E-state index in [2.05, 4.69) is 20.2 Å². The summed E-state index contributed by atoms with van der Waals surface area (Å²) in [7, 11) is 0. The second-order valence-electron chi connectivity index (χ2n) is 6.95. The molecule has 0 aliphatic carbocycles. The Morgan fingerprint density at radius 1 is 1.04 bits per heavy atom. The molecule has 3 aromatic rings. The van der Waals surface area contributed by atoms with E-state index in [1.54, 1.807) is 24.5 Å². The van der Waals surface area contributed by atoms with Gasteiger partial charge in [0.2, 0.25) is 0 Å². The van der Waals surface area contributed by atoms with Gasteiger partial charge in [0.05, 0.1) is 5.69 Å². The molecule has 6 heteroatoms. The van der Waals surface area contributed by atoms with Crippen LogP contribution < -0.4 is 10.2 Å². The molecule has 142 valence electrons. The van der Waals surface area contributed by atoms with E-state index in [4.69, 9.17) is 11.6 Å². The number of nitrogens with one attached hydrogen (secondary N) is 1. The van der Waals surface area contributed by atoms with Gasteiger partial charge in [-0.1, -0.05) is 29.8 Å². The molecule has 1 amide bonds. The number of anilines is 2. The number of hydrogen-bond acceptors (Lipinski definition) is 4. The van der Waals surface area contributed by atoms with Crippen LogP contribution in [-0.4, -0.2) is 29.0 Å². The zero-order valence-electron chi connectivity index (χ0n) is 15.7. The first kappa shape index (κ1) is 18.4. The van der Waals surface area contributed by atoms with E-state index in [0.717, 1.165) is 35.7 Å². The zero-order chi connectivity index (χ0) is 19.5. The van der Waals surface area contributed by atoms with Crippen molar-refractivity contribution in [3.05, 3.63) is 71.0 Å². The molecule has 0 spiro atoms. The first-order valence-electron chi connectivity index (χ1n) is 9.35. The molecule has 0 saturated carbocycles. The second-order valence-corrected chi connectivity index (χ2v) is 7.36. The van der Waals surface area contributed by atoms with Gasteiger partial charge in [0.25, 0.3) is 5.91 Å². The van der Waals surface area contributed by atoms with Gasteiger partial charge < -0.3 is 10.2 Å². The number of nitrogens with zero attached hydrogens (tertiary/aromatic N) is 3. The maximum Gasteiger partial charge on any atom is 0.255 e. The molecule has 0 bridgehead atoms. The van der Waals surface area contributed by atoms with E-state index >= 15 is 0 Å². The highest BCUT2D eigenvalue weighted by Crippen LogP contribution is 2.24. The summed E-state index contributed by atoms with van der Waals surface area (Å²) < 4.78 is 0. The van der Waals surface area contributed by atoms with Crippen LogP contribution in [-0.2, 0) is 0 Å². The third-order valence-electron chi connectivity index (χ3n) is 4.96. The van der Waals surface area contributed by atoms with Gasteiger partial charge in [-0.3, -0.25) is 4.79 Å². The van der Waals surface area contributed by atoms with Crippen LogP contribution in [0.5, 0.6) is 0 Å². The third-order valence-corrected chi connectivity index (χ3v) is 5.36. The molecule has 4 rings (SSSR count). The molecule has 0 radical (unpaired) electrons. The lowest BCUT2D eigenvalue weighted by atomic mass is 10.1. The van der Waals surface area contributed by atoms with Crippen molar-refractivity contribution in [2.24, 2.45) is 0 Å². The quantitative estimate of drug-likeness (QED) is 0.681. The molecule has 28 heavy (non-hydrogen) atoms. The van der Waals surface area contributed by atoms with Gasteiger partial charge in [-0.25, -0.2) is 9.97 Å². The Hall–Kier alpha value is -2.92. The minimum atomic E-state index is -0.174. The first-order valence-corrected chi connectivity index (χ1v) is 9.73. The lowest BCUT2D eigenvalue weighted by molar-refractivity contribution is 0.102. The summed E-state index contributed by atoms with van der Waals surface area (Å²) >= 11 is 6.12. The summed E-state index contributed by atoms with van der Waals surface area (Å²) in [5.74, 6) is 0.785. The van der Waals surface area contributed by atoms with Gasteiger partial charge in [-0.2, -0.15) is 0 Å². The molecule has 1 aromatic heterocycles. The minimum absolute atomic E-state index is 0.174. The van der Waals surface area contributed by atoms with E-state index in [-0.39, 0.29) is 5.91 Å². The fourth-order valence-corrected chi connectivity index (χ4v) is 3.47. The second kappa shape index (κ2) is 7.98. The van der Waals surface area contributed by atoms with Crippen molar-refractivity contribution in [3.8, 4) is 11.3 Å². The topological polar surface area (TPSA) is 58.1 Å². The summed E-state index contributed by atoms with van der Waals surface area (Å²) in [5.41, 5.74) is 4.04. The van der Waals surface area contributed by atoms with Crippen LogP contribution in [0.4, 0.5) is 11.5 Å². The van der Waals surface area contributed by atoms with Gasteiger partial charge >= 0.3 is 0 Å². The number of hydrogen-bond donors (Lipinski definition) is 1. The van der Waals surface area contributed by atoms with Crippen molar-refractivity contribution in [1.29, 1.82) is 0 Å². The number of aryl methyl sites for hydroxylation is 1. The van der Waals surface area contributed by atoms with Gasteiger partial charge in [0.1, 0.15) is 12.1 Å². The van der Waals surface area contributed by atoms with Crippen LogP contribution in [0.25, 0.3) is 11.3 Å². The van der Waals surface area contributed by atoms with E-state index in [1.165, 1.54) is 12.8 Å². The Labute approximate surface area is 169 Å². The van der Waals surface area contributed by atoms with Crippen LogP contribution in [0, 0.1) is 6.92 Å². The lowest BCUT2D eigenvalue weighted by Crippen LogP contribution is -2.19. The highest BCUT2D eigenvalue weighted by molar-refractivity contribution is 6.31. The molecule has 0 atom stereocenters. The average molecular weight is 393 g/mol. The Morgan fingerprint density at radius 2 is 1.79 bits per heavy atom. The zero-order valence-corrected chi connectivity index (χ0v) is 16.4. The van der Waals surface area contributed by atoms with Gasteiger partial charge in [0, 0.05) is 41.0 Å². The molecule has 1 N–H and O–H groups in total. The van der Waals surface area contributed by atoms with Gasteiger partial charge in [0.15, 0.2) is 0 Å². The lowest BCUT2D eigenvalue weighted by Gasteiger charge is -2.16.